The molecule has 7 nitrogen and oxygen atoms in total. The molecule has 0 spiro atoms. The minimum absolute atomic E-state index is 0.0825. The molecule has 0 N–H and O–H groups in total. The van der Waals surface area contributed by atoms with Gasteiger partial charge < -0.3 is 14.2 Å². The molecule has 2 aliphatic heterocycles. The third-order valence-electron chi connectivity index (χ3n) is 5.44. The zero-order valence-corrected chi connectivity index (χ0v) is 16.8. The molecule has 1 atom stereocenters. The number of esters is 1. The first kappa shape index (κ1) is 19.0. The fourth-order valence-corrected chi connectivity index (χ4v) is 4.78. The molecule has 0 saturated carbocycles. The molecule has 0 fully saturated rings. The van der Waals surface area contributed by atoms with Crippen molar-refractivity contribution in [2.45, 2.75) is 56.4 Å². The zero-order chi connectivity index (χ0) is 19.5. The fourth-order valence-electron chi connectivity index (χ4n) is 3.91. The minimum Gasteiger partial charge on any atom is -0.467 e. The first-order valence-electron chi connectivity index (χ1n) is 9.66. The summed E-state index contributed by atoms with van der Waals surface area (Å²) in [6.07, 6.45) is 4.87. The Labute approximate surface area is 168 Å². The lowest BCUT2D eigenvalue weighted by Gasteiger charge is -2.35. The van der Waals surface area contributed by atoms with Crippen LogP contribution in [0, 0.1) is 0 Å². The van der Waals surface area contributed by atoms with Crippen molar-refractivity contribution < 1.29 is 14.3 Å². The average Bonchev–Trinajstić information content (AvgIpc) is 2.96. The molecule has 8 heteroatoms. The summed E-state index contributed by atoms with van der Waals surface area (Å²) in [7, 11) is 1.37. The molecular weight excluding hydrogens is 376 g/mol. The van der Waals surface area contributed by atoms with E-state index in [2.05, 4.69) is 14.8 Å². The van der Waals surface area contributed by atoms with E-state index in [1.165, 1.54) is 25.3 Å². The van der Waals surface area contributed by atoms with Crippen LogP contribution in [0.1, 0.15) is 36.2 Å². The maximum Gasteiger partial charge on any atom is 0.328 e. The van der Waals surface area contributed by atoms with Crippen LogP contribution in [0.15, 0.2) is 29.4 Å². The van der Waals surface area contributed by atoms with Crippen LogP contribution in [0.4, 0.5) is 0 Å². The molecular formula is C20H24N4O3S. The number of aromatic nitrogens is 3. The lowest BCUT2D eigenvalue weighted by molar-refractivity contribution is -0.153. The van der Waals surface area contributed by atoms with Gasteiger partial charge in [0.15, 0.2) is 5.16 Å². The number of hydrogen-bond donors (Lipinski definition) is 0. The quantitative estimate of drug-likeness (QED) is 0.579. The number of aryl methyl sites for hydroxylation is 1. The first-order valence-corrected chi connectivity index (χ1v) is 10.6. The maximum absolute atomic E-state index is 13.0. The summed E-state index contributed by atoms with van der Waals surface area (Å²) in [6.45, 7) is 1.33. The number of thioether (sulfide) groups is 1. The molecule has 28 heavy (non-hydrogen) atoms. The Morgan fingerprint density at radius 2 is 2.00 bits per heavy atom. The normalized spacial score (nSPS) is 18.8. The third kappa shape index (κ3) is 3.78. The van der Waals surface area contributed by atoms with Crippen molar-refractivity contribution in [2.75, 3.05) is 12.9 Å². The molecule has 1 amide bonds. The second-order valence-electron chi connectivity index (χ2n) is 7.18. The van der Waals surface area contributed by atoms with Crippen molar-refractivity contribution in [3.05, 3.63) is 41.2 Å². The Kier molecular flexibility index (Phi) is 5.66. The number of ether oxygens (including phenoxy) is 1. The Balaban J connectivity index is 1.49. The van der Waals surface area contributed by atoms with Gasteiger partial charge in [-0.3, -0.25) is 4.79 Å². The Morgan fingerprint density at radius 3 is 2.82 bits per heavy atom. The highest BCUT2D eigenvalue weighted by molar-refractivity contribution is 7.99. The van der Waals surface area contributed by atoms with Crippen molar-refractivity contribution >= 4 is 23.6 Å². The molecule has 1 aromatic heterocycles. The second kappa shape index (κ2) is 8.34. The summed E-state index contributed by atoms with van der Waals surface area (Å²) in [6, 6.07) is 7.35. The molecule has 0 aliphatic carbocycles. The van der Waals surface area contributed by atoms with Crippen LogP contribution in [-0.2, 0) is 40.3 Å². The van der Waals surface area contributed by atoms with Gasteiger partial charge >= 0.3 is 5.97 Å². The van der Waals surface area contributed by atoms with Crippen molar-refractivity contribution in [1.29, 1.82) is 0 Å². The van der Waals surface area contributed by atoms with Gasteiger partial charge in [-0.05, 0) is 24.0 Å². The van der Waals surface area contributed by atoms with Crippen LogP contribution in [0.5, 0.6) is 0 Å². The van der Waals surface area contributed by atoms with Gasteiger partial charge in [0.25, 0.3) is 0 Å². The van der Waals surface area contributed by atoms with Crippen molar-refractivity contribution in [2.24, 2.45) is 0 Å². The number of carbonyl (C=O) groups excluding carboxylic acids is 2. The Bertz CT molecular complexity index is 882. The molecule has 2 aromatic rings. The fraction of sp³-hybridized carbons (Fsp3) is 0.500. The highest BCUT2D eigenvalue weighted by atomic mass is 32.2. The van der Waals surface area contributed by atoms with Crippen LogP contribution in [-0.4, -0.2) is 50.4 Å². The molecule has 148 valence electrons. The number of amides is 1. The molecule has 0 saturated heterocycles. The van der Waals surface area contributed by atoms with Crippen LogP contribution in [0.2, 0.25) is 0 Å². The number of methoxy groups -OCH3 is 1. The van der Waals surface area contributed by atoms with Gasteiger partial charge in [0.2, 0.25) is 5.91 Å². The number of carbonyl (C=O) groups is 2. The van der Waals surface area contributed by atoms with Gasteiger partial charge in [-0.25, -0.2) is 4.79 Å². The maximum atomic E-state index is 13.0. The van der Waals surface area contributed by atoms with Crippen molar-refractivity contribution in [3.8, 4) is 0 Å². The van der Waals surface area contributed by atoms with Gasteiger partial charge in [0.05, 0.1) is 12.9 Å². The molecule has 1 aromatic carbocycles. The lowest BCUT2D eigenvalue weighted by Crippen LogP contribution is -2.49. The molecule has 3 heterocycles. The van der Waals surface area contributed by atoms with Crippen LogP contribution in [0.3, 0.4) is 0 Å². The summed E-state index contributed by atoms with van der Waals surface area (Å²) < 4.78 is 7.09. The number of hydrogen-bond acceptors (Lipinski definition) is 6. The molecule has 0 unspecified atom stereocenters. The van der Waals surface area contributed by atoms with E-state index in [4.69, 9.17) is 4.74 Å². The van der Waals surface area contributed by atoms with E-state index >= 15 is 0 Å². The van der Waals surface area contributed by atoms with E-state index in [-0.39, 0.29) is 17.6 Å². The minimum atomic E-state index is -0.580. The summed E-state index contributed by atoms with van der Waals surface area (Å²) in [5, 5.41) is 9.35. The number of fused-ring (bicyclic) bond motifs is 2. The van der Waals surface area contributed by atoms with Gasteiger partial charge in [-0.2, -0.15) is 0 Å². The van der Waals surface area contributed by atoms with Gasteiger partial charge in [0, 0.05) is 25.9 Å². The monoisotopic (exact) mass is 400 g/mol. The highest BCUT2D eigenvalue weighted by Gasteiger charge is 2.35. The summed E-state index contributed by atoms with van der Waals surface area (Å²) in [5.74, 6) is 0.783. The molecule has 0 bridgehead atoms. The number of nitrogens with zero attached hydrogens (tertiary/aromatic N) is 4. The SMILES string of the molecule is COC(=O)[C@@H]1Cc2ccccc2CN1C(=O)CSc1nnc2n1CCCCC2. The second-order valence-corrected chi connectivity index (χ2v) is 8.13. The predicted molar refractivity (Wildman–Crippen MR) is 105 cm³/mol. The number of benzene rings is 1. The molecule has 0 radical (unpaired) electrons. The highest BCUT2D eigenvalue weighted by Crippen LogP contribution is 2.27. The standard InChI is InChI=1S/C20H24N4O3S/c1-27-19(26)16-11-14-7-4-5-8-15(14)12-24(16)18(25)13-28-20-22-21-17-9-3-2-6-10-23(17)20/h4-5,7-8,16H,2-3,6,9-13H2,1H3/t16-/m0/s1. The van der Waals surface area contributed by atoms with E-state index in [0.29, 0.717) is 13.0 Å². The van der Waals surface area contributed by atoms with E-state index in [1.807, 2.05) is 24.3 Å². The van der Waals surface area contributed by atoms with Gasteiger partial charge in [-0.1, -0.05) is 42.4 Å². The van der Waals surface area contributed by atoms with Gasteiger partial charge in [0.1, 0.15) is 11.9 Å². The number of rotatable bonds is 4. The third-order valence-corrected chi connectivity index (χ3v) is 6.39. The van der Waals surface area contributed by atoms with E-state index in [9.17, 15) is 9.59 Å². The van der Waals surface area contributed by atoms with Crippen LogP contribution >= 0.6 is 11.8 Å². The molecule has 2 aliphatic rings. The van der Waals surface area contributed by atoms with Crippen LogP contribution < -0.4 is 0 Å². The average molecular weight is 401 g/mol. The van der Waals surface area contributed by atoms with Crippen molar-refractivity contribution in [3.63, 3.8) is 0 Å². The van der Waals surface area contributed by atoms with E-state index < -0.39 is 6.04 Å². The summed E-state index contributed by atoms with van der Waals surface area (Å²) >= 11 is 1.40. The van der Waals surface area contributed by atoms with Crippen LogP contribution in [0.25, 0.3) is 0 Å². The Hall–Kier alpha value is -2.35. The topological polar surface area (TPSA) is 77.3 Å². The molecule has 4 rings (SSSR count). The lowest BCUT2D eigenvalue weighted by atomic mass is 9.94. The first-order chi connectivity index (χ1) is 13.7. The predicted octanol–water partition coefficient (Wildman–Crippen LogP) is 2.22. The smallest absolute Gasteiger partial charge is 0.328 e. The zero-order valence-electron chi connectivity index (χ0n) is 16.0. The van der Waals surface area contributed by atoms with Gasteiger partial charge in [-0.15, -0.1) is 10.2 Å². The van der Waals surface area contributed by atoms with E-state index in [0.717, 1.165) is 47.9 Å². The summed E-state index contributed by atoms with van der Waals surface area (Å²) in [5.41, 5.74) is 2.18. The van der Waals surface area contributed by atoms with Crippen molar-refractivity contribution in [1.82, 2.24) is 19.7 Å². The summed E-state index contributed by atoms with van der Waals surface area (Å²) in [4.78, 5) is 27.0. The Morgan fingerprint density at radius 1 is 1.18 bits per heavy atom. The largest absolute Gasteiger partial charge is 0.467 e. The van der Waals surface area contributed by atoms with E-state index in [1.54, 1.807) is 4.90 Å².